The lowest BCUT2D eigenvalue weighted by Crippen LogP contribution is -2.15. The van der Waals surface area contributed by atoms with Crippen molar-refractivity contribution in [3.05, 3.63) is 83.4 Å². The van der Waals surface area contributed by atoms with Gasteiger partial charge in [0.2, 0.25) is 5.91 Å². The zero-order valence-electron chi connectivity index (χ0n) is 19.1. The summed E-state index contributed by atoms with van der Waals surface area (Å²) in [7, 11) is 1.64. The van der Waals surface area contributed by atoms with E-state index in [1.807, 2.05) is 79.9 Å². The molecule has 6 nitrogen and oxygen atoms in total. The van der Waals surface area contributed by atoms with Gasteiger partial charge in [-0.15, -0.1) is 10.2 Å². The molecule has 0 bridgehead atoms. The number of ether oxygens (including phenoxy) is 1. The van der Waals surface area contributed by atoms with Crippen LogP contribution >= 0.6 is 11.8 Å². The molecule has 0 spiro atoms. The Morgan fingerprint density at radius 2 is 1.64 bits per heavy atom. The molecule has 0 aliphatic carbocycles. The predicted octanol–water partition coefficient (Wildman–Crippen LogP) is 5.60. The number of amides is 1. The average molecular weight is 459 g/mol. The van der Waals surface area contributed by atoms with Crippen LogP contribution in [0.4, 0.5) is 5.69 Å². The Morgan fingerprint density at radius 1 is 0.939 bits per heavy atom. The third kappa shape index (κ3) is 5.26. The highest BCUT2D eigenvalue weighted by Gasteiger charge is 2.18. The Hall–Kier alpha value is -3.58. The molecule has 33 heavy (non-hydrogen) atoms. The molecule has 1 aromatic heterocycles. The summed E-state index contributed by atoms with van der Waals surface area (Å²) in [6.45, 7) is 6.04. The molecule has 0 saturated heterocycles. The highest BCUT2D eigenvalue weighted by Crippen LogP contribution is 2.29. The molecule has 1 amide bonds. The van der Waals surface area contributed by atoms with Crippen LogP contribution in [-0.2, 0) is 4.79 Å². The number of aromatic nitrogens is 3. The van der Waals surface area contributed by atoms with E-state index in [1.54, 1.807) is 7.11 Å². The van der Waals surface area contributed by atoms with E-state index in [0.29, 0.717) is 11.0 Å². The number of carbonyl (C=O) groups is 1. The Morgan fingerprint density at radius 3 is 2.33 bits per heavy atom. The van der Waals surface area contributed by atoms with Gasteiger partial charge in [-0.3, -0.25) is 9.36 Å². The van der Waals surface area contributed by atoms with Gasteiger partial charge in [-0.1, -0.05) is 41.6 Å². The number of thioether (sulfide) groups is 1. The molecule has 7 heteroatoms. The summed E-state index contributed by atoms with van der Waals surface area (Å²) in [4.78, 5) is 12.7. The second-order valence-electron chi connectivity index (χ2n) is 7.86. The van der Waals surface area contributed by atoms with E-state index < -0.39 is 0 Å². The molecular weight excluding hydrogens is 432 g/mol. The number of anilines is 1. The minimum Gasteiger partial charge on any atom is -0.497 e. The predicted molar refractivity (Wildman–Crippen MR) is 133 cm³/mol. The van der Waals surface area contributed by atoms with Crippen molar-refractivity contribution in [2.45, 2.75) is 25.9 Å². The first-order chi connectivity index (χ1) is 15.9. The molecule has 0 fully saturated rings. The lowest BCUT2D eigenvalue weighted by molar-refractivity contribution is -0.113. The Labute approximate surface area is 198 Å². The molecule has 1 N–H and O–H groups in total. The number of hydrogen-bond acceptors (Lipinski definition) is 5. The molecule has 1 heterocycles. The fourth-order valence-electron chi connectivity index (χ4n) is 3.40. The lowest BCUT2D eigenvalue weighted by atomic mass is 10.1. The number of nitrogens with zero attached hydrogens (tertiary/aromatic N) is 3. The molecule has 0 unspecified atom stereocenters. The van der Waals surface area contributed by atoms with Crippen molar-refractivity contribution in [3.8, 4) is 22.8 Å². The van der Waals surface area contributed by atoms with Gasteiger partial charge in [-0.2, -0.15) is 0 Å². The van der Waals surface area contributed by atoms with Gasteiger partial charge in [0.1, 0.15) is 5.75 Å². The van der Waals surface area contributed by atoms with Gasteiger partial charge in [0.05, 0.1) is 12.9 Å². The van der Waals surface area contributed by atoms with E-state index in [4.69, 9.17) is 4.74 Å². The molecule has 0 atom stereocenters. The number of carbonyl (C=O) groups excluding carboxylic acids is 1. The van der Waals surface area contributed by atoms with Crippen LogP contribution in [-0.4, -0.2) is 33.5 Å². The van der Waals surface area contributed by atoms with Crippen molar-refractivity contribution in [3.63, 3.8) is 0 Å². The van der Waals surface area contributed by atoms with Crippen LogP contribution in [0.15, 0.2) is 71.9 Å². The Balaban J connectivity index is 1.60. The van der Waals surface area contributed by atoms with Gasteiger partial charge in [0.25, 0.3) is 0 Å². The fourth-order valence-corrected chi connectivity index (χ4v) is 4.16. The first-order valence-electron chi connectivity index (χ1n) is 10.6. The summed E-state index contributed by atoms with van der Waals surface area (Å²) in [5, 5.41) is 12.5. The fraction of sp³-hybridized carbons (Fsp3) is 0.192. The van der Waals surface area contributed by atoms with Crippen LogP contribution in [0.2, 0.25) is 0 Å². The largest absolute Gasteiger partial charge is 0.497 e. The van der Waals surface area contributed by atoms with Gasteiger partial charge >= 0.3 is 0 Å². The normalized spacial score (nSPS) is 10.8. The summed E-state index contributed by atoms with van der Waals surface area (Å²) in [6.07, 6.45) is 0. The van der Waals surface area contributed by atoms with E-state index in [9.17, 15) is 4.79 Å². The van der Waals surface area contributed by atoms with Gasteiger partial charge < -0.3 is 10.1 Å². The second kappa shape index (κ2) is 9.92. The lowest BCUT2D eigenvalue weighted by Gasteiger charge is -2.12. The number of methoxy groups -OCH3 is 1. The Bertz CT molecular complexity index is 1260. The average Bonchev–Trinajstić information content (AvgIpc) is 3.24. The van der Waals surface area contributed by atoms with Crippen molar-refractivity contribution < 1.29 is 9.53 Å². The monoisotopic (exact) mass is 458 g/mol. The Kier molecular flexibility index (Phi) is 6.79. The van der Waals surface area contributed by atoms with E-state index in [0.717, 1.165) is 33.8 Å². The number of aryl methyl sites for hydroxylation is 3. The van der Waals surface area contributed by atoms with Crippen LogP contribution in [0.5, 0.6) is 5.75 Å². The maximum Gasteiger partial charge on any atom is 0.234 e. The standard InChI is InChI=1S/C26H26N4O2S/c1-17-6-11-21(12-7-17)30-25(20-9-13-22(32-4)14-10-20)28-29-26(30)33-16-24(31)27-23-15-18(2)5-8-19(23)3/h5-15H,16H2,1-4H3,(H,27,31). The number of hydrogen-bond donors (Lipinski definition) is 1. The zero-order valence-corrected chi connectivity index (χ0v) is 19.9. The summed E-state index contributed by atoms with van der Waals surface area (Å²) >= 11 is 1.36. The van der Waals surface area contributed by atoms with Crippen molar-refractivity contribution in [2.75, 3.05) is 18.2 Å². The first kappa shape index (κ1) is 22.6. The molecule has 0 aliphatic rings. The van der Waals surface area contributed by atoms with Gasteiger partial charge in [-0.25, -0.2) is 0 Å². The van der Waals surface area contributed by atoms with Crippen molar-refractivity contribution >= 4 is 23.4 Å². The number of rotatable bonds is 7. The van der Waals surface area contributed by atoms with E-state index in [1.165, 1.54) is 17.3 Å². The second-order valence-corrected chi connectivity index (χ2v) is 8.80. The van der Waals surface area contributed by atoms with Crippen LogP contribution in [0.3, 0.4) is 0 Å². The number of nitrogens with one attached hydrogen (secondary N) is 1. The minimum atomic E-state index is -0.0850. The van der Waals surface area contributed by atoms with Crippen LogP contribution in [0, 0.1) is 20.8 Å². The molecule has 4 rings (SSSR count). The summed E-state index contributed by atoms with van der Waals surface area (Å²) < 4.78 is 7.26. The molecule has 168 valence electrons. The van der Waals surface area contributed by atoms with Crippen molar-refractivity contribution in [1.82, 2.24) is 14.8 Å². The quantitative estimate of drug-likeness (QED) is 0.365. The van der Waals surface area contributed by atoms with E-state index in [-0.39, 0.29) is 11.7 Å². The molecular formula is C26H26N4O2S. The summed E-state index contributed by atoms with van der Waals surface area (Å²) in [6, 6.07) is 21.9. The zero-order chi connectivity index (χ0) is 23.4. The van der Waals surface area contributed by atoms with E-state index in [2.05, 4.69) is 27.6 Å². The van der Waals surface area contributed by atoms with Gasteiger partial charge in [-0.05, 0) is 74.4 Å². The molecule has 0 saturated carbocycles. The number of benzene rings is 3. The van der Waals surface area contributed by atoms with Crippen LogP contribution < -0.4 is 10.1 Å². The summed E-state index contributed by atoms with van der Waals surface area (Å²) in [5.74, 6) is 1.62. The smallest absolute Gasteiger partial charge is 0.234 e. The summed E-state index contributed by atoms with van der Waals surface area (Å²) in [5.41, 5.74) is 5.99. The molecule has 3 aromatic carbocycles. The maximum atomic E-state index is 12.7. The van der Waals surface area contributed by atoms with Crippen molar-refractivity contribution in [2.24, 2.45) is 0 Å². The molecule has 0 radical (unpaired) electrons. The van der Waals surface area contributed by atoms with Crippen LogP contribution in [0.25, 0.3) is 17.1 Å². The van der Waals surface area contributed by atoms with E-state index >= 15 is 0 Å². The molecule has 0 aliphatic heterocycles. The SMILES string of the molecule is COc1ccc(-c2nnc(SCC(=O)Nc3cc(C)ccc3C)n2-c2ccc(C)cc2)cc1. The highest BCUT2D eigenvalue weighted by molar-refractivity contribution is 7.99. The maximum absolute atomic E-state index is 12.7. The van der Waals surface area contributed by atoms with Crippen LogP contribution in [0.1, 0.15) is 16.7 Å². The third-order valence-corrected chi connectivity index (χ3v) is 6.20. The van der Waals surface area contributed by atoms with Gasteiger partial charge in [0, 0.05) is 16.9 Å². The minimum absolute atomic E-state index is 0.0850. The van der Waals surface area contributed by atoms with Gasteiger partial charge in [0.15, 0.2) is 11.0 Å². The third-order valence-electron chi connectivity index (χ3n) is 5.27. The van der Waals surface area contributed by atoms with Crippen molar-refractivity contribution in [1.29, 1.82) is 0 Å². The molecule has 4 aromatic rings. The first-order valence-corrected chi connectivity index (χ1v) is 11.6. The topological polar surface area (TPSA) is 69.0 Å². The highest BCUT2D eigenvalue weighted by atomic mass is 32.2.